The number of ether oxygens (including phenoxy) is 2. The molecule has 0 spiro atoms. The molecule has 1 fully saturated rings. The molecular formula is C29H33BrN4O3S. The standard InChI is InChI=1S/C29H33BrN4O3S/c1-3-16-36-24-15-14-21(30)17-23(24)26-25(27(35)37-22-12-8-5-9-13-22)19(2)31-28-32-29(33-34(26)28)38-18-20-10-6-4-7-11-20/h4,6-7,10-11,14-15,17,22,26H,3,5,8-9,12-13,16,18H2,1-2H3,(H,31,32,33). The van der Waals surface area contributed by atoms with E-state index in [-0.39, 0.29) is 12.1 Å². The normalized spacial score (nSPS) is 17.6. The highest BCUT2D eigenvalue weighted by molar-refractivity contribution is 9.10. The zero-order valence-electron chi connectivity index (χ0n) is 21.8. The van der Waals surface area contributed by atoms with Crippen LogP contribution in [0, 0.1) is 0 Å². The van der Waals surface area contributed by atoms with Crippen molar-refractivity contribution in [3.63, 3.8) is 0 Å². The van der Waals surface area contributed by atoms with Gasteiger partial charge in [-0.25, -0.2) is 9.48 Å². The van der Waals surface area contributed by atoms with E-state index in [1.807, 2.05) is 43.3 Å². The highest BCUT2D eigenvalue weighted by atomic mass is 79.9. The number of hydrogen-bond acceptors (Lipinski definition) is 7. The maximum Gasteiger partial charge on any atom is 0.338 e. The van der Waals surface area contributed by atoms with Gasteiger partial charge in [0.05, 0.1) is 12.2 Å². The Morgan fingerprint density at radius 1 is 1.16 bits per heavy atom. The first kappa shape index (κ1) is 26.8. The number of allylic oxidation sites excluding steroid dienone is 1. The Morgan fingerprint density at radius 2 is 1.95 bits per heavy atom. The van der Waals surface area contributed by atoms with E-state index < -0.39 is 6.04 Å². The number of benzene rings is 2. The number of fused-ring (bicyclic) bond motifs is 1. The quantitative estimate of drug-likeness (QED) is 0.205. The Morgan fingerprint density at radius 3 is 2.71 bits per heavy atom. The van der Waals surface area contributed by atoms with E-state index in [9.17, 15) is 4.79 Å². The smallest absolute Gasteiger partial charge is 0.338 e. The number of carbonyl (C=O) groups excluding carboxylic acids is 1. The summed E-state index contributed by atoms with van der Waals surface area (Å²) in [5.41, 5.74) is 3.29. The molecule has 9 heteroatoms. The van der Waals surface area contributed by atoms with Crippen molar-refractivity contribution in [3.8, 4) is 5.75 Å². The third-order valence-corrected chi connectivity index (χ3v) is 8.22. The van der Waals surface area contributed by atoms with Crippen molar-refractivity contribution < 1.29 is 14.3 Å². The van der Waals surface area contributed by atoms with Crippen molar-refractivity contribution in [3.05, 3.63) is 75.4 Å². The summed E-state index contributed by atoms with van der Waals surface area (Å²) in [5.74, 6) is 1.75. The number of anilines is 1. The number of nitrogens with one attached hydrogen (secondary N) is 1. The number of carbonyl (C=O) groups is 1. The minimum Gasteiger partial charge on any atom is -0.493 e. The molecule has 5 rings (SSSR count). The van der Waals surface area contributed by atoms with Crippen LogP contribution in [-0.2, 0) is 15.3 Å². The van der Waals surface area contributed by atoms with E-state index >= 15 is 0 Å². The maximum absolute atomic E-state index is 13.8. The fraction of sp³-hybridized carbons (Fsp3) is 0.414. The first-order valence-electron chi connectivity index (χ1n) is 13.3. The van der Waals surface area contributed by atoms with Crippen molar-refractivity contribution in [1.82, 2.24) is 14.8 Å². The molecule has 0 radical (unpaired) electrons. The van der Waals surface area contributed by atoms with Crippen molar-refractivity contribution in [2.45, 2.75) is 75.4 Å². The zero-order valence-corrected chi connectivity index (χ0v) is 24.2. The second-order valence-electron chi connectivity index (χ2n) is 9.70. The van der Waals surface area contributed by atoms with E-state index in [0.29, 0.717) is 23.3 Å². The highest BCUT2D eigenvalue weighted by Crippen LogP contribution is 2.42. The number of esters is 1. The predicted molar refractivity (Wildman–Crippen MR) is 153 cm³/mol. The second kappa shape index (κ2) is 12.4. The third-order valence-electron chi connectivity index (χ3n) is 6.82. The lowest BCUT2D eigenvalue weighted by molar-refractivity contribution is -0.146. The lowest BCUT2D eigenvalue weighted by Gasteiger charge is -2.31. The molecule has 1 atom stereocenters. The summed E-state index contributed by atoms with van der Waals surface area (Å²) in [6.45, 7) is 4.56. The van der Waals surface area contributed by atoms with Crippen LogP contribution in [0.3, 0.4) is 0 Å². The molecule has 2 aromatic carbocycles. The minimum absolute atomic E-state index is 0.0512. The van der Waals surface area contributed by atoms with Crippen LogP contribution in [0.4, 0.5) is 5.95 Å². The molecule has 0 saturated heterocycles. The van der Waals surface area contributed by atoms with Gasteiger partial charge in [-0.2, -0.15) is 4.98 Å². The van der Waals surface area contributed by atoms with E-state index in [2.05, 4.69) is 40.3 Å². The molecule has 3 aromatic rings. The molecule has 1 aromatic heterocycles. The van der Waals surface area contributed by atoms with Gasteiger partial charge in [-0.1, -0.05) is 71.4 Å². The first-order chi connectivity index (χ1) is 18.5. The number of nitrogens with zero attached hydrogens (tertiary/aromatic N) is 3. The van der Waals surface area contributed by atoms with Crippen molar-refractivity contribution in [1.29, 1.82) is 0 Å². The van der Waals surface area contributed by atoms with E-state index in [1.165, 1.54) is 12.0 Å². The van der Waals surface area contributed by atoms with Crippen LogP contribution in [0.5, 0.6) is 5.75 Å². The molecule has 0 bridgehead atoms. The van der Waals surface area contributed by atoms with Crippen LogP contribution < -0.4 is 10.1 Å². The third kappa shape index (κ3) is 6.10. The molecule has 2 aliphatic rings. The Hall–Kier alpha value is -2.78. The van der Waals surface area contributed by atoms with Gasteiger partial charge in [0, 0.05) is 21.5 Å². The molecule has 2 heterocycles. The van der Waals surface area contributed by atoms with Crippen LogP contribution >= 0.6 is 27.7 Å². The number of halogens is 1. The molecule has 1 saturated carbocycles. The summed E-state index contributed by atoms with van der Waals surface area (Å²) in [7, 11) is 0. The van der Waals surface area contributed by atoms with Gasteiger partial charge in [-0.15, -0.1) is 5.10 Å². The molecule has 200 valence electrons. The molecular weight excluding hydrogens is 564 g/mol. The van der Waals surface area contributed by atoms with E-state index in [1.54, 1.807) is 16.4 Å². The molecule has 1 aliphatic carbocycles. The Kier molecular flexibility index (Phi) is 8.74. The Balaban J connectivity index is 1.52. The van der Waals surface area contributed by atoms with Gasteiger partial charge in [0.15, 0.2) is 0 Å². The summed E-state index contributed by atoms with van der Waals surface area (Å²) in [6.07, 6.45) is 6.02. The largest absolute Gasteiger partial charge is 0.493 e. The maximum atomic E-state index is 13.8. The van der Waals surface area contributed by atoms with Crippen LogP contribution in [-0.4, -0.2) is 33.4 Å². The molecule has 0 amide bonds. The summed E-state index contributed by atoms with van der Waals surface area (Å²) in [4.78, 5) is 18.5. The monoisotopic (exact) mass is 596 g/mol. The minimum atomic E-state index is -0.537. The second-order valence-corrected chi connectivity index (χ2v) is 11.6. The Bertz CT molecular complexity index is 1300. The summed E-state index contributed by atoms with van der Waals surface area (Å²) in [6, 6.07) is 15.6. The highest BCUT2D eigenvalue weighted by Gasteiger charge is 2.38. The lowest BCUT2D eigenvalue weighted by Crippen LogP contribution is -2.32. The summed E-state index contributed by atoms with van der Waals surface area (Å²) < 4.78 is 14.9. The number of rotatable bonds is 9. The SMILES string of the molecule is CCCOc1ccc(Br)cc1C1C(C(=O)OC2CCCCC2)=C(C)Nc2nc(SCc3ccccc3)nn21. The first-order valence-corrected chi connectivity index (χ1v) is 15.1. The summed E-state index contributed by atoms with van der Waals surface area (Å²) in [5, 5.41) is 8.85. The fourth-order valence-electron chi connectivity index (χ4n) is 4.94. The van der Waals surface area contributed by atoms with Gasteiger partial charge < -0.3 is 14.8 Å². The van der Waals surface area contributed by atoms with Gasteiger partial charge in [0.1, 0.15) is 17.9 Å². The molecule has 1 aliphatic heterocycles. The van der Waals surface area contributed by atoms with Crippen LogP contribution in [0.1, 0.15) is 69.5 Å². The number of aromatic nitrogens is 3. The average Bonchev–Trinajstić information content (AvgIpc) is 3.34. The molecule has 1 N–H and O–H groups in total. The topological polar surface area (TPSA) is 78.3 Å². The molecule has 7 nitrogen and oxygen atoms in total. The Labute approximate surface area is 236 Å². The van der Waals surface area contributed by atoms with E-state index in [0.717, 1.165) is 59.3 Å². The van der Waals surface area contributed by atoms with Crippen LogP contribution in [0.2, 0.25) is 0 Å². The van der Waals surface area contributed by atoms with Crippen molar-refractivity contribution in [2.75, 3.05) is 11.9 Å². The van der Waals surface area contributed by atoms with Gasteiger partial charge in [-0.3, -0.25) is 0 Å². The molecule has 1 unspecified atom stereocenters. The fourth-order valence-corrected chi connectivity index (χ4v) is 6.10. The zero-order chi connectivity index (χ0) is 26.5. The van der Waals surface area contributed by atoms with Gasteiger partial charge in [0.2, 0.25) is 11.1 Å². The van der Waals surface area contributed by atoms with Crippen molar-refractivity contribution >= 4 is 39.6 Å². The van der Waals surface area contributed by atoms with Gasteiger partial charge in [0.25, 0.3) is 0 Å². The summed E-state index contributed by atoms with van der Waals surface area (Å²) >= 11 is 5.19. The molecule has 38 heavy (non-hydrogen) atoms. The van der Waals surface area contributed by atoms with Gasteiger partial charge >= 0.3 is 5.97 Å². The number of hydrogen-bond donors (Lipinski definition) is 1. The van der Waals surface area contributed by atoms with Gasteiger partial charge in [-0.05, 0) is 62.8 Å². The predicted octanol–water partition coefficient (Wildman–Crippen LogP) is 7.29. The van der Waals surface area contributed by atoms with Crippen LogP contribution in [0.25, 0.3) is 0 Å². The number of thioether (sulfide) groups is 1. The van der Waals surface area contributed by atoms with E-state index in [4.69, 9.17) is 19.6 Å². The van der Waals surface area contributed by atoms with Crippen molar-refractivity contribution in [2.24, 2.45) is 0 Å². The lowest BCUT2D eigenvalue weighted by atomic mass is 9.94. The van der Waals surface area contributed by atoms with Crippen LogP contribution in [0.15, 0.2) is 69.4 Å². The average molecular weight is 598 g/mol.